The van der Waals surface area contributed by atoms with Crippen molar-refractivity contribution in [2.75, 3.05) is 66.1 Å². The van der Waals surface area contributed by atoms with Crippen LogP contribution in [-0.4, -0.2) is 102 Å². The standard InChI is InChI=1S/C33H68O6.2Na.H2O7S2/c1-3-5-7-9-11-13-15-17-19-21-25-36-29-33(31-38-27-23-34,32-39-28-24-35)30-37-26-22-20-18-16-14-12-10-8-6-4-2;;;1-8(2,3)7-9(4,5)6/h34-35H,3-32H2,1-2H3;;;(H,1,2,3)(H,4,5,6)/q;2*+1;/p-2. The molecule has 0 aliphatic heterocycles. The average Bonchev–Trinajstić information content (AvgIpc) is 3.01. The van der Waals surface area contributed by atoms with Gasteiger partial charge in [0, 0.05) is 13.2 Å². The first-order valence-corrected chi connectivity index (χ1v) is 20.8. The summed E-state index contributed by atoms with van der Waals surface area (Å²) in [5.41, 5.74) is -0.429. The Morgan fingerprint density at radius 2 is 0.680 bits per heavy atom. The Labute approximate surface area is 349 Å². The Morgan fingerprint density at radius 3 is 0.900 bits per heavy atom. The monoisotopic (exact) mass is 782 g/mol. The van der Waals surface area contributed by atoms with Gasteiger partial charge in [0.05, 0.1) is 58.3 Å². The molecule has 0 heterocycles. The molecule has 0 aliphatic rings. The fourth-order valence-electron chi connectivity index (χ4n) is 5.02. The third-order valence-electron chi connectivity index (χ3n) is 7.56. The van der Waals surface area contributed by atoms with Crippen LogP contribution in [0, 0.1) is 5.41 Å². The summed E-state index contributed by atoms with van der Waals surface area (Å²) in [7, 11) is -10.9. The maximum atomic E-state index is 9.29. The van der Waals surface area contributed by atoms with Crippen LogP contribution in [0.2, 0.25) is 0 Å². The van der Waals surface area contributed by atoms with Crippen molar-refractivity contribution in [1.29, 1.82) is 0 Å². The van der Waals surface area contributed by atoms with E-state index in [-0.39, 0.29) is 72.3 Å². The Hall–Kier alpha value is 1.54. The summed E-state index contributed by atoms with van der Waals surface area (Å²) in [6.45, 7) is 8.39. The number of unbranched alkanes of at least 4 members (excludes halogenated alkanes) is 18. The van der Waals surface area contributed by atoms with E-state index in [0.29, 0.717) is 39.6 Å². The van der Waals surface area contributed by atoms with E-state index in [1.165, 1.54) is 116 Å². The molecule has 0 aliphatic carbocycles. The van der Waals surface area contributed by atoms with E-state index in [1.54, 1.807) is 0 Å². The fraction of sp³-hybridized carbons (Fsp3) is 1.00. The van der Waals surface area contributed by atoms with E-state index in [2.05, 4.69) is 17.5 Å². The molecule has 50 heavy (non-hydrogen) atoms. The minimum atomic E-state index is -5.43. The molecule has 17 heteroatoms. The molecule has 13 nitrogen and oxygen atoms in total. The number of ether oxygens (including phenoxy) is 4. The molecule has 0 atom stereocenters. The van der Waals surface area contributed by atoms with Crippen LogP contribution >= 0.6 is 0 Å². The van der Waals surface area contributed by atoms with E-state index in [4.69, 9.17) is 18.9 Å². The van der Waals surface area contributed by atoms with Crippen LogP contribution < -0.4 is 59.1 Å². The molecule has 0 saturated carbocycles. The van der Waals surface area contributed by atoms with Gasteiger partial charge in [-0.1, -0.05) is 129 Å². The predicted molar refractivity (Wildman–Crippen MR) is 184 cm³/mol. The van der Waals surface area contributed by atoms with Crippen molar-refractivity contribution in [3.8, 4) is 0 Å². The smallest absolute Gasteiger partial charge is 0.725 e. The number of aliphatic hydroxyl groups excluding tert-OH is 2. The Balaban J connectivity index is -0.000000839. The van der Waals surface area contributed by atoms with Gasteiger partial charge in [0.25, 0.3) is 0 Å². The minimum Gasteiger partial charge on any atom is -0.725 e. The average molecular weight is 783 g/mol. The third kappa shape index (κ3) is 47.6. The fourth-order valence-corrected chi connectivity index (χ4v) is 5.84. The van der Waals surface area contributed by atoms with Gasteiger partial charge in [-0.25, -0.2) is 16.8 Å². The second-order valence-corrected chi connectivity index (χ2v) is 14.6. The SMILES string of the molecule is CCCCCCCCCCCCOCC(COCCO)(COCCO)COCCCCCCCCCCCC.O=S(=O)([O-])OS(=O)(=O)[O-].[Na+].[Na+]. The van der Waals surface area contributed by atoms with Crippen LogP contribution in [0.25, 0.3) is 0 Å². The van der Waals surface area contributed by atoms with Gasteiger partial charge in [-0.15, -0.1) is 0 Å². The van der Waals surface area contributed by atoms with Gasteiger partial charge < -0.3 is 38.3 Å². The molecule has 0 aromatic heterocycles. The second kappa shape index (κ2) is 41.7. The van der Waals surface area contributed by atoms with E-state index >= 15 is 0 Å². The number of rotatable bonds is 36. The van der Waals surface area contributed by atoms with Crippen molar-refractivity contribution in [1.82, 2.24) is 0 Å². The summed E-state index contributed by atoms with van der Waals surface area (Å²) in [6, 6.07) is 0. The second-order valence-electron chi connectivity index (χ2n) is 12.4. The predicted octanol–water partition coefficient (Wildman–Crippen LogP) is -0.203. The molecule has 0 saturated heterocycles. The van der Waals surface area contributed by atoms with Crippen molar-refractivity contribution in [3.63, 3.8) is 0 Å². The zero-order valence-electron chi connectivity index (χ0n) is 31.9. The van der Waals surface area contributed by atoms with Crippen molar-refractivity contribution in [2.24, 2.45) is 5.41 Å². The van der Waals surface area contributed by atoms with Crippen molar-refractivity contribution in [3.05, 3.63) is 0 Å². The number of hydrogen-bond donors (Lipinski definition) is 2. The molecular formula is C33H68Na2O13S2. The first-order valence-electron chi connectivity index (χ1n) is 18.1. The Kier molecular flexibility index (Phi) is 48.6. The van der Waals surface area contributed by atoms with Gasteiger partial charge in [-0.05, 0) is 12.8 Å². The maximum Gasteiger partial charge on any atom is 1.00 e. The first-order chi connectivity index (χ1) is 22.9. The molecule has 0 rings (SSSR count). The molecule has 0 bridgehead atoms. The van der Waals surface area contributed by atoms with Crippen LogP contribution in [0.4, 0.5) is 0 Å². The topological polar surface area (TPSA) is 201 Å². The van der Waals surface area contributed by atoms with Gasteiger partial charge in [0.1, 0.15) is 0 Å². The quantitative estimate of drug-likeness (QED) is 0.0367. The van der Waals surface area contributed by atoms with Crippen LogP contribution in [0.15, 0.2) is 0 Å². The summed E-state index contributed by atoms with van der Waals surface area (Å²) >= 11 is 0. The van der Waals surface area contributed by atoms with Crippen molar-refractivity contribution in [2.45, 2.75) is 142 Å². The van der Waals surface area contributed by atoms with Gasteiger partial charge in [-0.3, -0.25) is 0 Å². The van der Waals surface area contributed by atoms with Crippen molar-refractivity contribution >= 4 is 20.8 Å². The summed E-state index contributed by atoms with van der Waals surface area (Å²) < 4.78 is 81.9. The first kappa shape index (κ1) is 58.3. The summed E-state index contributed by atoms with van der Waals surface area (Å²) in [5, 5.41) is 18.4. The molecule has 0 aromatic rings. The van der Waals surface area contributed by atoms with Gasteiger partial charge in [-0.2, -0.15) is 3.63 Å². The molecule has 0 spiro atoms. The number of aliphatic hydroxyl groups is 2. The van der Waals surface area contributed by atoms with E-state index in [1.807, 2.05) is 0 Å². The van der Waals surface area contributed by atoms with Gasteiger partial charge in [0.15, 0.2) is 0 Å². The summed E-state index contributed by atoms with van der Waals surface area (Å²) in [5.74, 6) is 0. The molecule has 0 unspecified atom stereocenters. The van der Waals surface area contributed by atoms with Crippen LogP contribution in [-0.2, 0) is 43.4 Å². The van der Waals surface area contributed by atoms with E-state index in [9.17, 15) is 36.2 Å². The molecule has 0 fully saturated rings. The molecule has 0 radical (unpaired) electrons. The van der Waals surface area contributed by atoms with Crippen LogP contribution in [0.3, 0.4) is 0 Å². The van der Waals surface area contributed by atoms with Gasteiger partial charge >= 0.3 is 59.1 Å². The largest absolute Gasteiger partial charge is 1.00 e. The van der Waals surface area contributed by atoms with Gasteiger partial charge in [0.2, 0.25) is 20.8 Å². The zero-order valence-corrected chi connectivity index (χ0v) is 37.5. The number of hydrogen-bond acceptors (Lipinski definition) is 13. The molecule has 292 valence electrons. The molecular weight excluding hydrogens is 714 g/mol. The Bertz CT molecular complexity index is 813. The Morgan fingerprint density at radius 1 is 0.440 bits per heavy atom. The third-order valence-corrected chi connectivity index (χ3v) is 8.89. The van der Waals surface area contributed by atoms with Crippen LogP contribution in [0.5, 0.6) is 0 Å². The summed E-state index contributed by atoms with van der Waals surface area (Å²) in [4.78, 5) is 0. The molecule has 0 aromatic carbocycles. The van der Waals surface area contributed by atoms with E-state index in [0.717, 1.165) is 26.1 Å². The molecule has 2 N–H and O–H groups in total. The molecule has 0 amide bonds. The van der Waals surface area contributed by atoms with Crippen molar-refractivity contribution < 1.29 is 118 Å². The zero-order chi connectivity index (χ0) is 36.2. The minimum absolute atomic E-state index is 0. The van der Waals surface area contributed by atoms with E-state index < -0.39 is 26.2 Å². The normalized spacial score (nSPS) is 11.8. The summed E-state index contributed by atoms with van der Waals surface area (Å²) in [6.07, 6.45) is 26.2. The van der Waals surface area contributed by atoms with Crippen LogP contribution in [0.1, 0.15) is 142 Å². The maximum absolute atomic E-state index is 9.29.